The Balaban J connectivity index is 1.84. The molecule has 140 valence electrons. The summed E-state index contributed by atoms with van der Waals surface area (Å²) in [5.74, 6) is -0.434. The molecule has 1 amide bonds. The summed E-state index contributed by atoms with van der Waals surface area (Å²) in [6.07, 6.45) is 0. The number of nitrogens with one attached hydrogen (secondary N) is 1. The fraction of sp³-hybridized carbons (Fsp3) is 0.200. The van der Waals surface area contributed by atoms with Gasteiger partial charge in [-0.15, -0.1) is 5.10 Å². The predicted molar refractivity (Wildman–Crippen MR) is 98.2 cm³/mol. The van der Waals surface area contributed by atoms with Gasteiger partial charge < -0.3 is 10.5 Å². The molecular formula is C15H15BrN8O3. The van der Waals surface area contributed by atoms with Crippen molar-refractivity contribution in [3.63, 3.8) is 0 Å². The third kappa shape index (κ3) is 4.01. The molecule has 2 heterocycles. The maximum absolute atomic E-state index is 12.5. The fourth-order valence-electron chi connectivity index (χ4n) is 2.20. The maximum atomic E-state index is 12.5. The Morgan fingerprint density at radius 3 is 2.74 bits per heavy atom. The van der Waals surface area contributed by atoms with Gasteiger partial charge in [0.25, 0.3) is 5.91 Å². The minimum absolute atomic E-state index is 0.00770. The molecule has 2 aromatic heterocycles. The molecule has 3 rings (SSSR count). The van der Waals surface area contributed by atoms with Gasteiger partial charge in [0.1, 0.15) is 5.69 Å². The number of hydrogen-bond acceptors (Lipinski definition) is 9. The summed E-state index contributed by atoms with van der Waals surface area (Å²) in [6, 6.07) is 7.52. The van der Waals surface area contributed by atoms with Gasteiger partial charge in [-0.05, 0) is 34.9 Å². The van der Waals surface area contributed by atoms with Gasteiger partial charge in [-0.1, -0.05) is 33.3 Å². The third-order valence-corrected chi connectivity index (χ3v) is 4.07. The van der Waals surface area contributed by atoms with Crippen molar-refractivity contribution < 1.29 is 14.2 Å². The smallest absolute Gasteiger partial charge is 0.293 e. The topological polar surface area (TPSA) is 146 Å². The number of carbonyl (C=O) groups is 1. The van der Waals surface area contributed by atoms with Crippen LogP contribution in [-0.4, -0.2) is 44.0 Å². The van der Waals surface area contributed by atoms with E-state index in [9.17, 15) is 4.79 Å². The highest BCUT2D eigenvalue weighted by molar-refractivity contribution is 9.10. The summed E-state index contributed by atoms with van der Waals surface area (Å²) in [4.78, 5) is 12.5. The van der Waals surface area contributed by atoms with Crippen LogP contribution in [0.2, 0.25) is 0 Å². The van der Waals surface area contributed by atoms with Crippen molar-refractivity contribution in [3.05, 3.63) is 45.7 Å². The average Bonchev–Trinajstić information content (AvgIpc) is 3.26. The number of halogens is 1. The summed E-state index contributed by atoms with van der Waals surface area (Å²) in [6.45, 7) is 1.82. The van der Waals surface area contributed by atoms with Crippen LogP contribution in [0.5, 0.6) is 0 Å². The molecule has 0 bridgehead atoms. The maximum Gasteiger partial charge on any atom is 0.293 e. The van der Waals surface area contributed by atoms with Gasteiger partial charge in [-0.3, -0.25) is 4.79 Å². The zero-order valence-corrected chi connectivity index (χ0v) is 16.0. The van der Waals surface area contributed by atoms with Crippen molar-refractivity contribution >= 4 is 33.4 Å². The lowest BCUT2D eigenvalue weighted by Gasteiger charge is -2.05. The zero-order valence-electron chi connectivity index (χ0n) is 14.4. The predicted octanol–water partition coefficient (Wildman–Crippen LogP) is 1.30. The Kier molecular flexibility index (Phi) is 5.57. The minimum atomic E-state index is -0.556. The Morgan fingerprint density at radius 2 is 2.11 bits per heavy atom. The molecule has 3 aromatic rings. The number of anilines is 1. The second kappa shape index (κ2) is 8.05. The molecule has 12 heteroatoms. The number of amides is 1. The Bertz CT molecular complexity index is 979. The summed E-state index contributed by atoms with van der Waals surface area (Å²) in [7, 11) is 1.47. The summed E-state index contributed by atoms with van der Waals surface area (Å²) in [5, 5.41) is 19.0. The number of benzene rings is 1. The number of carbonyl (C=O) groups excluding carboxylic acids is 1. The van der Waals surface area contributed by atoms with Gasteiger partial charge in [-0.2, -0.15) is 9.78 Å². The standard InChI is InChI=1S/C15H15BrN8O3/c1-8(9-3-5-10(16)6-4-9)18-20-15(25)12-11(7-26-2)24(23-19-12)14-13(17)21-27-22-14/h3-6H,7H2,1-2H3,(H2,17,21)(H,20,25)/b18-8+. The van der Waals surface area contributed by atoms with Gasteiger partial charge in [0.05, 0.1) is 12.3 Å². The van der Waals surface area contributed by atoms with Crippen LogP contribution in [0.3, 0.4) is 0 Å². The molecule has 0 saturated heterocycles. The Hall–Kier alpha value is -3.12. The highest BCUT2D eigenvalue weighted by atomic mass is 79.9. The van der Waals surface area contributed by atoms with E-state index in [1.54, 1.807) is 6.92 Å². The molecule has 0 saturated carbocycles. The first-order valence-electron chi connectivity index (χ1n) is 7.63. The van der Waals surface area contributed by atoms with Gasteiger partial charge >= 0.3 is 0 Å². The number of aromatic nitrogens is 5. The molecule has 0 unspecified atom stereocenters. The lowest BCUT2D eigenvalue weighted by atomic mass is 10.1. The average molecular weight is 435 g/mol. The largest absolute Gasteiger partial charge is 0.378 e. The van der Waals surface area contributed by atoms with Gasteiger partial charge in [0, 0.05) is 11.6 Å². The molecule has 0 spiro atoms. The van der Waals surface area contributed by atoms with Crippen molar-refractivity contribution in [2.45, 2.75) is 13.5 Å². The van der Waals surface area contributed by atoms with Crippen LogP contribution in [0.25, 0.3) is 5.82 Å². The SMILES string of the molecule is COCc1c(C(=O)N/N=C(\C)c2ccc(Br)cc2)nnn1-c1nonc1N. The van der Waals surface area contributed by atoms with Crippen molar-refractivity contribution in [2.75, 3.05) is 12.8 Å². The molecular weight excluding hydrogens is 420 g/mol. The van der Waals surface area contributed by atoms with E-state index in [2.05, 4.69) is 51.7 Å². The molecule has 0 atom stereocenters. The molecule has 0 fully saturated rings. The van der Waals surface area contributed by atoms with E-state index in [0.29, 0.717) is 11.4 Å². The number of nitrogens with zero attached hydrogens (tertiary/aromatic N) is 6. The Morgan fingerprint density at radius 1 is 1.37 bits per heavy atom. The monoisotopic (exact) mass is 434 g/mol. The van der Waals surface area contributed by atoms with Crippen molar-refractivity contribution in [1.29, 1.82) is 0 Å². The lowest BCUT2D eigenvalue weighted by molar-refractivity contribution is 0.0944. The molecule has 0 aliphatic rings. The van der Waals surface area contributed by atoms with E-state index in [4.69, 9.17) is 10.5 Å². The summed E-state index contributed by atoms with van der Waals surface area (Å²) >= 11 is 3.37. The quantitative estimate of drug-likeness (QED) is 0.435. The van der Waals surface area contributed by atoms with Crippen LogP contribution >= 0.6 is 15.9 Å². The fourth-order valence-corrected chi connectivity index (χ4v) is 2.46. The Labute approximate surface area is 161 Å². The van der Waals surface area contributed by atoms with Crippen LogP contribution < -0.4 is 11.2 Å². The van der Waals surface area contributed by atoms with Crippen molar-refractivity contribution in [1.82, 2.24) is 30.7 Å². The van der Waals surface area contributed by atoms with Gasteiger partial charge in [0.2, 0.25) is 11.6 Å². The first-order valence-corrected chi connectivity index (χ1v) is 8.43. The number of nitrogen functional groups attached to an aromatic ring is 1. The molecule has 0 radical (unpaired) electrons. The van der Waals surface area contributed by atoms with Crippen molar-refractivity contribution in [3.8, 4) is 5.82 Å². The highest BCUT2D eigenvalue weighted by Gasteiger charge is 2.23. The number of nitrogens with two attached hydrogens (primary N) is 1. The summed E-state index contributed by atoms with van der Waals surface area (Å²) in [5.41, 5.74) is 9.97. The van der Waals surface area contributed by atoms with Crippen molar-refractivity contribution in [2.24, 2.45) is 5.10 Å². The molecule has 11 nitrogen and oxygen atoms in total. The summed E-state index contributed by atoms with van der Waals surface area (Å²) < 4.78 is 11.9. The molecule has 27 heavy (non-hydrogen) atoms. The van der Waals surface area contributed by atoms with Crippen LogP contribution in [0.15, 0.2) is 38.5 Å². The van der Waals surface area contributed by atoms with E-state index >= 15 is 0 Å². The highest BCUT2D eigenvalue weighted by Crippen LogP contribution is 2.16. The number of methoxy groups -OCH3 is 1. The third-order valence-electron chi connectivity index (χ3n) is 3.54. The van der Waals surface area contributed by atoms with Gasteiger partial charge in [0.15, 0.2) is 5.69 Å². The normalized spacial score (nSPS) is 11.6. The number of rotatable bonds is 6. The number of hydrogen-bond donors (Lipinski definition) is 2. The lowest BCUT2D eigenvalue weighted by Crippen LogP contribution is -2.22. The van der Waals surface area contributed by atoms with E-state index in [-0.39, 0.29) is 23.9 Å². The van der Waals surface area contributed by atoms with E-state index < -0.39 is 5.91 Å². The molecule has 0 aliphatic heterocycles. The van der Waals surface area contributed by atoms with Crippen LogP contribution in [-0.2, 0) is 11.3 Å². The molecule has 0 aliphatic carbocycles. The van der Waals surface area contributed by atoms with Gasteiger partial charge in [-0.25, -0.2) is 10.1 Å². The number of ether oxygens (including phenoxy) is 1. The number of hydrazone groups is 1. The van der Waals surface area contributed by atoms with Crippen LogP contribution in [0, 0.1) is 0 Å². The first kappa shape index (κ1) is 18.7. The minimum Gasteiger partial charge on any atom is -0.378 e. The molecule has 1 aromatic carbocycles. The van der Waals surface area contributed by atoms with Crippen LogP contribution in [0.1, 0.15) is 28.7 Å². The van der Waals surface area contributed by atoms with E-state index in [0.717, 1.165) is 10.0 Å². The first-order chi connectivity index (χ1) is 13.0. The zero-order chi connectivity index (χ0) is 19.4. The molecule has 3 N–H and O–H groups in total. The second-order valence-electron chi connectivity index (χ2n) is 5.35. The van der Waals surface area contributed by atoms with E-state index in [1.807, 2.05) is 24.3 Å². The van der Waals surface area contributed by atoms with Crippen LogP contribution in [0.4, 0.5) is 5.82 Å². The van der Waals surface area contributed by atoms with E-state index in [1.165, 1.54) is 11.8 Å². The second-order valence-corrected chi connectivity index (χ2v) is 6.26.